The van der Waals surface area contributed by atoms with E-state index in [1.54, 1.807) is 12.5 Å². The van der Waals surface area contributed by atoms with Crippen molar-refractivity contribution in [3.63, 3.8) is 0 Å². The van der Waals surface area contributed by atoms with Gasteiger partial charge >= 0.3 is 0 Å². The van der Waals surface area contributed by atoms with Crippen molar-refractivity contribution in [1.29, 1.82) is 0 Å². The van der Waals surface area contributed by atoms with Crippen molar-refractivity contribution < 1.29 is 14.3 Å². The molecule has 7 nitrogen and oxygen atoms in total. The van der Waals surface area contributed by atoms with Crippen molar-refractivity contribution in [2.24, 2.45) is 5.73 Å². The molecule has 0 saturated carbocycles. The van der Waals surface area contributed by atoms with Crippen molar-refractivity contribution in [1.82, 2.24) is 9.55 Å². The maximum absolute atomic E-state index is 12.4. The maximum Gasteiger partial charge on any atom is 0.268 e. The molecule has 0 aliphatic carbocycles. The Morgan fingerprint density at radius 3 is 2.68 bits per heavy atom. The number of hydrogen-bond donors (Lipinski definition) is 1. The van der Waals surface area contributed by atoms with Gasteiger partial charge in [-0.1, -0.05) is 48.5 Å². The first-order valence-electron chi connectivity index (χ1n) is 10.5. The first-order valence-corrected chi connectivity index (χ1v) is 10.5. The molecule has 0 bridgehead atoms. The summed E-state index contributed by atoms with van der Waals surface area (Å²) in [7, 11) is 0. The second-order valence-corrected chi connectivity index (χ2v) is 7.73. The Morgan fingerprint density at radius 2 is 1.90 bits per heavy atom. The lowest BCUT2D eigenvalue weighted by Gasteiger charge is -2.21. The summed E-state index contributed by atoms with van der Waals surface area (Å²) in [5, 5.41) is 0. The van der Waals surface area contributed by atoms with Crippen LogP contribution in [0.15, 0.2) is 67.1 Å². The Bertz CT molecular complexity index is 1050. The number of carbonyl (C=O) groups excluding carboxylic acids is 2. The molecule has 1 aromatic heterocycles. The molecule has 2 amide bonds. The van der Waals surface area contributed by atoms with E-state index in [4.69, 9.17) is 10.5 Å². The average molecular weight is 418 g/mol. The van der Waals surface area contributed by atoms with Gasteiger partial charge in [0.05, 0.1) is 25.5 Å². The Hall–Kier alpha value is -3.45. The van der Waals surface area contributed by atoms with Gasteiger partial charge in [-0.05, 0) is 30.0 Å². The number of hydrogen-bond acceptors (Lipinski definition) is 4. The minimum Gasteiger partial charge on any atom is -0.372 e. The molecule has 1 aliphatic rings. The molecule has 0 radical (unpaired) electrons. The van der Waals surface area contributed by atoms with Gasteiger partial charge in [-0.2, -0.15) is 0 Å². The maximum atomic E-state index is 12.4. The van der Waals surface area contributed by atoms with Crippen molar-refractivity contribution in [3.8, 4) is 0 Å². The second kappa shape index (κ2) is 9.57. The van der Waals surface area contributed by atoms with Crippen LogP contribution in [0, 0.1) is 0 Å². The van der Waals surface area contributed by atoms with Gasteiger partial charge in [0.1, 0.15) is 5.69 Å². The smallest absolute Gasteiger partial charge is 0.268 e. The number of fused-ring (bicyclic) bond motifs is 1. The first-order chi connectivity index (χ1) is 15.1. The van der Waals surface area contributed by atoms with E-state index >= 15 is 0 Å². The number of nitrogens with zero attached hydrogens (tertiary/aromatic N) is 3. The average Bonchev–Trinajstić information content (AvgIpc) is 3.37. The predicted octanol–water partition coefficient (Wildman–Crippen LogP) is 2.94. The number of primary amides is 1. The van der Waals surface area contributed by atoms with Crippen molar-refractivity contribution >= 4 is 17.5 Å². The van der Waals surface area contributed by atoms with E-state index in [1.807, 2.05) is 64.1 Å². The summed E-state index contributed by atoms with van der Waals surface area (Å²) in [5.41, 5.74) is 8.74. The SMILES string of the molecule is NC(=O)c1cn(C[C@H](CCCN2C(=O)Cc3ccccc32)OCc2ccccc2)cn1. The van der Waals surface area contributed by atoms with Gasteiger partial charge in [-0.15, -0.1) is 0 Å². The quantitative estimate of drug-likeness (QED) is 0.548. The van der Waals surface area contributed by atoms with E-state index in [2.05, 4.69) is 4.98 Å². The molecule has 1 atom stereocenters. The lowest BCUT2D eigenvalue weighted by atomic mass is 10.1. The highest BCUT2D eigenvalue weighted by Gasteiger charge is 2.26. The van der Waals surface area contributed by atoms with E-state index in [-0.39, 0.29) is 17.7 Å². The van der Waals surface area contributed by atoms with Crippen LogP contribution in [0.1, 0.15) is 34.5 Å². The van der Waals surface area contributed by atoms with Gasteiger partial charge in [0.15, 0.2) is 0 Å². The second-order valence-electron chi connectivity index (χ2n) is 7.73. The molecule has 2 heterocycles. The van der Waals surface area contributed by atoms with E-state index in [1.165, 1.54) is 0 Å². The summed E-state index contributed by atoms with van der Waals surface area (Å²) in [6, 6.07) is 17.9. The number of ether oxygens (including phenoxy) is 1. The van der Waals surface area contributed by atoms with Crippen LogP contribution in [-0.2, 0) is 29.1 Å². The molecule has 0 fully saturated rings. The number of benzene rings is 2. The topological polar surface area (TPSA) is 90.5 Å². The lowest BCUT2D eigenvalue weighted by molar-refractivity contribution is -0.117. The highest BCUT2D eigenvalue weighted by Crippen LogP contribution is 2.28. The molecule has 0 saturated heterocycles. The molecule has 2 aromatic carbocycles. The third-order valence-electron chi connectivity index (χ3n) is 5.46. The first kappa shape index (κ1) is 20.8. The van der Waals surface area contributed by atoms with Crippen LogP contribution in [0.5, 0.6) is 0 Å². The van der Waals surface area contributed by atoms with Gasteiger partial charge in [0.2, 0.25) is 5.91 Å². The molecule has 0 unspecified atom stereocenters. The van der Waals surface area contributed by atoms with E-state index < -0.39 is 5.91 Å². The molecule has 4 rings (SSSR count). The molecule has 1 aliphatic heterocycles. The molecule has 2 N–H and O–H groups in total. The van der Waals surface area contributed by atoms with Gasteiger partial charge in [0.25, 0.3) is 5.91 Å². The third-order valence-corrected chi connectivity index (χ3v) is 5.46. The van der Waals surface area contributed by atoms with Crippen molar-refractivity contribution in [2.75, 3.05) is 11.4 Å². The fourth-order valence-electron chi connectivity index (χ4n) is 3.88. The van der Waals surface area contributed by atoms with E-state index in [9.17, 15) is 9.59 Å². The molecule has 7 heteroatoms. The zero-order chi connectivity index (χ0) is 21.6. The van der Waals surface area contributed by atoms with Crippen LogP contribution in [-0.4, -0.2) is 34.0 Å². The highest BCUT2D eigenvalue weighted by atomic mass is 16.5. The van der Waals surface area contributed by atoms with Crippen LogP contribution < -0.4 is 10.6 Å². The summed E-state index contributed by atoms with van der Waals surface area (Å²) < 4.78 is 8.02. The van der Waals surface area contributed by atoms with Crippen LogP contribution in [0.25, 0.3) is 0 Å². The molecule has 160 valence electrons. The summed E-state index contributed by atoms with van der Waals surface area (Å²) in [5.74, 6) is -0.407. The van der Waals surface area contributed by atoms with E-state index in [0.717, 1.165) is 29.7 Å². The van der Waals surface area contributed by atoms with Crippen LogP contribution >= 0.6 is 0 Å². The largest absolute Gasteiger partial charge is 0.372 e. The van der Waals surface area contributed by atoms with E-state index in [0.29, 0.717) is 26.1 Å². The van der Waals surface area contributed by atoms with Crippen molar-refractivity contribution in [3.05, 3.63) is 83.9 Å². The van der Waals surface area contributed by atoms with Crippen LogP contribution in [0.4, 0.5) is 5.69 Å². The lowest BCUT2D eigenvalue weighted by Crippen LogP contribution is -2.29. The van der Waals surface area contributed by atoms with Crippen LogP contribution in [0.3, 0.4) is 0 Å². The number of carbonyl (C=O) groups is 2. The number of amides is 2. The summed E-state index contributed by atoms with van der Waals surface area (Å²) in [4.78, 5) is 29.7. The Morgan fingerprint density at radius 1 is 1.13 bits per heavy atom. The molecule has 3 aromatic rings. The van der Waals surface area contributed by atoms with Gasteiger partial charge in [0, 0.05) is 25.0 Å². The van der Waals surface area contributed by atoms with Gasteiger partial charge in [-0.3, -0.25) is 9.59 Å². The summed E-state index contributed by atoms with van der Waals surface area (Å²) in [6.07, 6.45) is 5.18. The number of nitrogens with two attached hydrogens (primary N) is 1. The van der Waals surface area contributed by atoms with Gasteiger partial charge < -0.3 is 19.9 Å². The third kappa shape index (κ3) is 5.19. The minimum absolute atomic E-state index is 0.0944. The van der Waals surface area contributed by atoms with Crippen molar-refractivity contribution in [2.45, 2.75) is 38.5 Å². The Balaban J connectivity index is 1.38. The number of para-hydroxylation sites is 1. The van der Waals surface area contributed by atoms with Gasteiger partial charge in [-0.25, -0.2) is 4.98 Å². The Labute approximate surface area is 181 Å². The molecular weight excluding hydrogens is 392 g/mol. The normalized spacial score (nSPS) is 13.9. The number of imidazole rings is 1. The monoisotopic (exact) mass is 418 g/mol. The summed E-state index contributed by atoms with van der Waals surface area (Å²) >= 11 is 0. The number of rotatable bonds is 10. The van der Waals surface area contributed by atoms with Crippen LogP contribution in [0.2, 0.25) is 0 Å². The fraction of sp³-hybridized carbons (Fsp3) is 0.292. The zero-order valence-corrected chi connectivity index (χ0v) is 17.3. The summed E-state index contributed by atoms with van der Waals surface area (Å²) in [6.45, 7) is 1.70. The molecule has 31 heavy (non-hydrogen) atoms. The number of anilines is 1. The zero-order valence-electron chi connectivity index (χ0n) is 17.3. The highest BCUT2D eigenvalue weighted by molar-refractivity contribution is 6.01. The Kier molecular flexibility index (Phi) is 6.43. The number of aromatic nitrogens is 2. The standard InChI is InChI=1S/C24H26N4O3/c25-24(30)21-15-27(17-26-21)14-20(31-16-18-7-2-1-3-8-18)10-6-12-28-22-11-5-4-9-19(22)13-23(28)29/h1-5,7-9,11,15,17,20H,6,10,12-14,16H2,(H2,25,30)/t20-/m0/s1. The predicted molar refractivity (Wildman–Crippen MR) is 117 cm³/mol. The molecule has 0 spiro atoms. The minimum atomic E-state index is -0.549. The molecular formula is C24H26N4O3. The fourth-order valence-corrected chi connectivity index (χ4v) is 3.88.